The molecule has 1 aliphatic carbocycles. The Morgan fingerprint density at radius 3 is 1.32 bits per heavy atom. The standard InChI is InChI=1S/C15H10O2.3C6H5.C4H7.Sb/c16-14-11-8-4-5-9-12(11)15(17)13(14)10-6-2-1-3-7-10;3*1-2-4-6-5-3-1;1-4(2)3;/h1-9,16H;3*1-5H;1H,2-3H3;/q;;;;;+1/p-1. The summed E-state index contributed by atoms with van der Waals surface area (Å²) in [6, 6.07) is 49.2. The average Bonchev–Trinajstić information content (AvgIpc) is 3.27. The van der Waals surface area contributed by atoms with E-state index in [4.69, 9.17) is 0 Å². The molecule has 0 aliphatic heterocycles. The predicted molar refractivity (Wildman–Crippen MR) is 167 cm³/mol. The molecule has 6 rings (SSSR count). The second kappa shape index (κ2) is 12.4. The van der Waals surface area contributed by atoms with E-state index in [0.717, 1.165) is 0 Å². The fourth-order valence-electron chi connectivity index (χ4n) is 5.17. The Hall–Kier alpha value is -4.13. The summed E-state index contributed by atoms with van der Waals surface area (Å²) in [6.07, 6.45) is 0. The Morgan fingerprint density at radius 2 is 0.925 bits per heavy atom. The molecule has 5 aromatic rings. The van der Waals surface area contributed by atoms with Gasteiger partial charge < -0.3 is 5.11 Å². The zero-order valence-electron chi connectivity index (χ0n) is 22.7. The first-order chi connectivity index (χ1) is 19.5. The summed E-state index contributed by atoms with van der Waals surface area (Å²) in [4.78, 5) is 12.1. The van der Waals surface area contributed by atoms with Crippen LogP contribution in [0.1, 0.15) is 35.3 Å². The SMILES string of the molecule is CC(C)=[CH][Sb+]([c]1ccccc1)([c]1ccccc1)[c]1ccccc1.O=C1C(c2ccccc2)=C([O-])c2ccccc21. The quantitative estimate of drug-likeness (QED) is 0.232. The number of hydrogen-bond acceptors (Lipinski definition) is 2. The number of Topliss-reactive ketones (excluding diaryl/α,β-unsaturated/α-hetero) is 1. The van der Waals surface area contributed by atoms with Crippen molar-refractivity contribution in [2.75, 3.05) is 0 Å². The van der Waals surface area contributed by atoms with Crippen LogP contribution < -0.4 is 15.6 Å². The molecule has 2 nitrogen and oxygen atoms in total. The second-order valence-electron chi connectivity index (χ2n) is 9.88. The molecule has 0 heterocycles. The zero-order valence-corrected chi connectivity index (χ0v) is 25.3. The molecule has 0 unspecified atom stereocenters. The first kappa shape index (κ1) is 27.4. The maximum atomic E-state index is 12.1. The molecule has 0 fully saturated rings. The second-order valence-corrected chi connectivity index (χ2v) is 19.2. The molecule has 40 heavy (non-hydrogen) atoms. The third-order valence-corrected chi connectivity index (χ3v) is 19.0. The van der Waals surface area contributed by atoms with Crippen molar-refractivity contribution in [2.24, 2.45) is 0 Å². The van der Waals surface area contributed by atoms with E-state index in [1.165, 1.54) is 16.1 Å². The van der Waals surface area contributed by atoms with Gasteiger partial charge in [0.1, 0.15) is 0 Å². The summed E-state index contributed by atoms with van der Waals surface area (Å²) in [5, 5.41) is 12.1. The molecular weight excluding hydrogens is 598 g/mol. The summed E-state index contributed by atoms with van der Waals surface area (Å²) in [7, 11) is 0. The first-order valence-electron chi connectivity index (χ1n) is 13.3. The molecular formula is C37H31O2Sb. The Bertz CT molecular complexity index is 1550. The molecule has 5 aromatic carbocycles. The van der Waals surface area contributed by atoms with Crippen LogP contribution in [-0.4, -0.2) is 24.6 Å². The molecule has 0 aromatic heterocycles. The van der Waals surface area contributed by atoms with E-state index in [0.29, 0.717) is 16.7 Å². The number of allylic oxidation sites excluding steroid dienone is 2. The number of carbonyl (C=O) groups excluding carboxylic acids is 1. The third kappa shape index (κ3) is 5.46. The van der Waals surface area contributed by atoms with Crippen LogP contribution >= 0.6 is 0 Å². The maximum absolute atomic E-state index is 12.1. The van der Waals surface area contributed by atoms with Gasteiger partial charge in [-0.1, -0.05) is 60.4 Å². The normalized spacial score (nSPS) is 12.3. The number of rotatable bonds is 5. The van der Waals surface area contributed by atoms with Gasteiger partial charge >= 0.3 is 144 Å². The van der Waals surface area contributed by atoms with Crippen molar-refractivity contribution >= 4 is 46.4 Å². The fourth-order valence-corrected chi connectivity index (χ4v) is 16.7. The van der Waals surface area contributed by atoms with E-state index in [2.05, 4.69) is 109 Å². The minimum atomic E-state index is -2.98. The largest absolute Gasteiger partial charge is 0.872 e. The van der Waals surface area contributed by atoms with E-state index in [1.807, 2.05) is 18.2 Å². The Labute approximate surface area is 241 Å². The maximum Gasteiger partial charge on any atom is 0.193 e. The fraction of sp³-hybridized carbons (Fsp3) is 0.0541. The van der Waals surface area contributed by atoms with Gasteiger partial charge in [0.2, 0.25) is 0 Å². The van der Waals surface area contributed by atoms with Crippen LogP contribution in [0.25, 0.3) is 11.3 Å². The summed E-state index contributed by atoms with van der Waals surface area (Å²) < 4.78 is 7.05. The molecule has 0 amide bonds. The molecule has 0 N–H and O–H groups in total. The van der Waals surface area contributed by atoms with Crippen LogP contribution in [0.4, 0.5) is 0 Å². The number of benzene rings is 5. The van der Waals surface area contributed by atoms with Crippen LogP contribution in [0.15, 0.2) is 155 Å². The summed E-state index contributed by atoms with van der Waals surface area (Å²) in [6.45, 7) is 4.44. The molecule has 1 aliphatic rings. The number of carbonyl (C=O) groups is 1. The Kier molecular flexibility index (Phi) is 8.48. The van der Waals surface area contributed by atoms with Crippen molar-refractivity contribution in [3.05, 3.63) is 172 Å². The van der Waals surface area contributed by atoms with E-state index in [1.54, 1.807) is 36.4 Å². The molecule has 0 saturated carbocycles. The van der Waals surface area contributed by atoms with Crippen molar-refractivity contribution in [2.45, 2.75) is 13.8 Å². The van der Waals surface area contributed by atoms with Gasteiger partial charge in [0.25, 0.3) is 0 Å². The molecule has 3 heteroatoms. The molecule has 0 radical (unpaired) electrons. The first-order valence-corrected chi connectivity index (χ1v) is 18.6. The monoisotopic (exact) mass is 628 g/mol. The van der Waals surface area contributed by atoms with E-state index in [-0.39, 0.29) is 17.1 Å². The van der Waals surface area contributed by atoms with Gasteiger partial charge in [-0.2, -0.15) is 0 Å². The van der Waals surface area contributed by atoms with Crippen LogP contribution in [0.5, 0.6) is 0 Å². The topological polar surface area (TPSA) is 40.1 Å². The Balaban J connectivity index is 0.000000168. The van der Waals surface area contributed by atoms with Crippen molar-refractivity contribution in [1.29, 1.82) is 0 Å². The molecule has 196 valence electrons. The zero-order chi connectivity index (χ0) is 28.0. The van der Waals surface area contributed by atoms with Crippen LogP contribution in [0.3, 0.4) is 0 Å². The summed E-state index contributed by atoms with van der Waals surface area (Å²) in [5.74, 6) is -0.339. The molecule has 0 spiro atoms. The van der Waals surface area contributed by atoms with E-state index >= 15 is 0 Å². The molecule has 0 bridgehead atoms. The minimum absolute atomic E-state index is 0.170. The number of ketones is 1. The van der Waals surface area contributed by atoms with Gasteiger partial charge in [-0.15, -0.1) is 0 Å². The van der Waals surface area contributed by atoms with Crippen molar-refractivity contribution in [3.8, 4) is 0 Å². The number of hydrogen-bond donors (Lipinski definition) is 0. The van der Waals surface area contributed by atoms with Gasteiger partial charge in [0.15, 0.2) is 5.78 Å². The van der Waals surface area contributed by atoms with E-state index in [9.17, 15) is 9.90 Å². The summed E-state index contributed by atoms with van der Waals surface area (Å²) in [5.41, 5.74) is 3.39. The smallest absolute Gasteiger partial charge is 0.193 e. The third-order valence-electron chi connectivity index (χ3n) is 6.88. The van der Waals surface area contributed by atoms with Crippen LogP contribution in [0, 0.1) is 0 Å². The van der Waals surface area contributed by atoms with Gasteiger partial charge in [0, 0.05) is 11.1 Å². The molecule has 0 saturated heterocycles. The summed E-state index contributed by atoms with van der Waals surface area (Å²) >= 11 is -2.98. The van der Waals surface area contributed by atoms with Gasteiger partial charge in [-0.25, -0.2) is 0 Å². The predicted octanol–water partition coefficient (Wildman–Crippen LogP) is 5.77. The molecule has 0 atom stereocenters. The van der Waals surface area contributed by atoms with Crippen LogP contribution in [0.2, 0.25) is 0 Å². The van der Waals surface area contributed by atoms with Crippen molar-refractivity contribution in [1.82, 2.24) is 0 Å². The number of fused-ring (bicyclic) bond motifs is 1. The van der Waals surface area contributed by atoms with Gasteiger partial charge in [0.05, 0.1) is 0 Å². The van der Waals surface area contributed by atoms with E-state index < -0.39 is 18.8 Å². The van der Waals surface area contributed by atoms with Crippen LogP contribution in [-0.2, 0) is 0 Å². The average molecular weight is 629 g/mol. The van der Waals surface area contributed by atoms with Gasteiger partial charge in [-0.3, -0.25) is 4.79 Å². The van der Waals surface area contributed by atoms with Crippen molar-refractivity contribution in [3.63, 3.8) is 0 Å². The Morgan fingerprint density at radius 1 is 0.550 bits per heavy atom. The van der Waals surface area contributed by atoms with Gasteiger partial charge in [-0.05, 0) is 11.1 Å². The van der Waals surface area contributed by atoms with Crippen molar-refractivity contribution < 1.29 is 9.90 Å². The minimum Gasteiger partial charge on any atom is -0.872 e.